The minimum absolute atomic E-state index is 0.794. The first-order valence-corrected chi connectivity index (χ1v) is 5.64. The highest BCUT2D eigenvalue weighted by Crippen LogP contribution is 2.24. The second-order valence-electron chi connectivity index (χ2n) is 4.54. The van der Waals surface area contributed by atoms with Crippen molar-refractivity contribution in [2.45, 2.75) is 45.1 Å². The molecule has 2 nitrogen and oxygen atoms in total. The molecule has 0 aliphatic heterocycles. The Morgan fingerprint density at radius 3 is 2.69 bits per heavy atom. The van der Waals surface area contributed by atoms with Gasteiger partial charge in [-0.25, -0.2) is 0 Å². The maximum atomic E-state index is 5.56. The molecule has 13 heavy (non-hydrogen) atoms. The van der Waals surface area contributed by atoms with Gasteiger partial charge in [-0.1, -0.05) is 19.8 Å². The van der Waals surface area contributed by atoms with Gasteiger partial charge in [0.15, 0.2) is 0 Å². The van der Waals surface area contributed by atoms with Gasteiger partial charge in [-0.15, -0.1) is 0 Å². The maximum Gasteiger partial charge on any atom is 0.0104 e. The molecule has 2 atom stereocenters. The van der Waals surface area contributed by atoms with E-state index in [-0.39, 0.29) is 0 Å². The highest BCUT2D eigenvalue weighted by molar-refractivity contribution is 4.74. The van der Waals surface area contributed by atoms with Crippen molar-refractivity contribution in [1.29, 1.82) is 0 Å². The first-order chi connectivity index (χ1) is 6.24. The molecule has 0 bridgehead atoms. The summed E-state index contributed by atoms with van der Waals surface area (Å²) in [6.07, 6.45) is 6.98. The summed E-state index contributed by atoms with van der Waals surface area (Å²) in [5.41, 5.74) is 5.56. The zero-order valence-corrected chi connectivity index (χ0v) is 9.13. The summed E-state index contributed by atoms with van der Waals surface area (Å²) >= 11 is 0. The fourth-order valence-electron chi connectivity index (χ4n) is 2.29. The number of likely N-dealkylation sites (N-methyl/N-ethyl adjacent to an activating group) is 1. The van der Waals surface area contributed by atoms with Crippen molar-refractivity contribution in [1.82, 2.24) is 4.90 Å². The normalized spacial score (nSPS) is 30.5. The molecule has 0 saturated heterocycles. The molecule has 2 heteroatoms. The van der Waals surface area contributed by atoms with Crippen molar-refractivity contribution in [3.05, 3.63) is 0 Å². The molecule has 1 aliphatic rings. The topological polar surface area (TPSA) is 29.3 Å². The monoisotopic (exact) mass is 184 g/mol. The molecule has 1 aliphatic carbocycles. The van der Waals surface area contributed by atoms with Gasteiger partial charge in [0, 0.05) is 19.1 Å². The summed E-state index contributed by atoms with van der Waals surface area (Å²) in [6.45, 7) is 4.23. The van der Waals surface area contributed by atoms with E-state index in [4.69, 9.17) is 5.73 Å². The second-order valence-corrected chi connectivity index (χ2v) is 4.54. The molecule has 1 saturated carbocycles. The highest BCUT2D eigenvalue weighted by Gasteiger charge is 2.18. The number of nitrogens with two attached hydrogens (primary N) is 1. The van der Waals surface area contributed by atoms with Crippen LogP contribution in [0.1, 0.15) is 39.0 Å². The lowest BCUT2D eigenvalue weighted by molar-refractivity contribution is 0.225. The molecule has 0 aromatic carbocycles. The summed E-state index contributed by atoms with van der Waals surface area (Å²) in [6, 6.07) is 0.800. The van der Waals surface area contributed by atoms with Gasteiger partial charge < -0.3 is 10.6 Å². The van der Waals surface area contributed by atoms with Crippen LogP contribution in [0.3, 0.4) is 0 Å². The average Bonchev–Trinajstić information content (AvgIpc) is 2.30. The van der Waals surface area contributed by atoms with Gasteiger partial charge in [0.1, 0.15) is 0 Å². The standard InChI is InChI=1S/C11H24N2/c1-10-4-3-5-11(7-6-10)13(2)9-8-12/h10-11H,3-9,12H2,1-2H3. The van der Waals surface area contributed by atoms with Gasteiger partial charge in [-0.3, -0.25) is 0 Å². The molecule has 0 aromatic heterocycles. The fourth-order valence-corrected chi connectivity index (χ4v) is 2.29. The van der Waals surface area contributed by atoms with E-state index in [9.17, 15) is 0 Å². The average molecular weight is 184 g/mol. The van der Waals surface area contributed by atoms with E-state index in [1.54, 1.807) is 0 Å². The van der Waals surface area contributed by atoms with Crippen LogP contribution < -0.4 is 5.73 Å². The predicted octanol–water partition coefficient (Wildman–Crippen LogP) is 1.85. The summed E-state index contributed by atoms with van der Waals surface area (Å²) in [7, 11) is 2.22. The van der Waals surface area contributed by atoms with Gasteiger partial charge in [0.2, 0.25) is 0 Å². The van der Waals surface area contributed by atoms with Crippen molar-refractivity contribution in [2.75, 3.05) is 20.1 Å². The molecule has 2 unspecified atom stereocenters. The van der Waals surface area contributed by atoms with Crippen LogP contribution in [-0.4, -0.2) is 31.1 Å². The second kappa shape index (κ2) is 5.61. The molecule has 1 fully saturated rings. The van der Waals surface area contributed by atoms with E-state index in [2.05, 4.69) is 18.9 Å². The summed E-state index contributed by atoms with van der Waals surface area (Å²) < 4.78 is 0. The van der Waals surface area contributed by atoms with Gasteiger partial charge in [0.05, 0.1) is 0 Å². The quantitative estimate of drug-likeness (QED) is 0.678. The van der Waals surface area contributed by atoms with Crippen LogP contribution in [-0.2, 0) is 0 Å². The zero-order chi connectivity index (χ0) is 9.68. The van der Waals surface area contributed by atoms with Crippen LogP contribution >= 0.6 is 0 Å². The molecule has 1 rings (SSSR count). The predicted molar refractivity (Wildman–Crippen MR) is 57.7 cm³/mol. The smallest absolute Gasteiger partial charge is 0.0104 e. The van der Waals surface area contributed by atoms with Crippen molar-refractivity contribution < 1.29 is 0 Å². The van der Waals surface area contributed by atoms with Crippen molar-refractivity contribution in [3.63, 3.8) is 0 Å². The van der Waals surface area contributed by atoms with Crippen LogP contribution in [0.4, 0.5) is 0 Å². The lowest BCUT2D eigenvalue weighted by Gasteiger charge is -2.26. The van der Waals surface area contributed by atoms with Crippen LogP contribution in [0.25, 0.3) is 0 Å². The van der Waals surface area contributed by atoms with Crippen molar-refractivity contribution >= 4 is 0 Å². The minimum Gasteiger partial charge on any atom is -0.329 e. The van der Waals surface area contributed by atoms with E-state index in [1.807, 2.05) is 0 Å². The van der Waals surface area contributed by atoms with Crippen molar-refractivity contribution in [3.8, 4) is 0 Å². The Morgan fingerprint density at radius 1 is 1.23 bits per heavy atom. The van der Waals surface area contributed by atoms with E-state index in [1.165, 1.54) is 32.1 Å². The Bertz CT molecular complexity index is 136. The van der Waals surface area contributed by atoms with Gasteiger partial charge in [-0.2, -0.15) is 0 Å². The van der Waals surface area contributed by atoms with Crippen LogP contribution in [0.15, 0.2) is 0 Å². The third-order valence-electron chi connectivity index (χ3n) is 3.33. The number of nitrogens with zero attached hydrogens (tertiary/aromatic N) is 1. The largest absolute Gasteiger partial charge is 0.329 e. The fraction of sp³-hybridized carbons (Fsp3) is 1.00. The molecule has 0 aromatic rings. The maximum absolute atomic E-state index is 5.56. The number of hydrogen-bond acceptors (Lipinski definition) is 2. The Labute approximate surface area is 82.5 Å². The third kappa shape index (κ3) is 3.65. The lowest BCUT2D eigenvalue weighted by atomic mass is 10.0. The van der Waals surface area contributed by atoms with Crippen LogP contribution in [0, 0.1) is 5.92 Å². The van der Waals surface area contributed by atoms with E-state index in [0.717, 1.165) is 25.0 Å². The summed E-state index contributed by atoms with van der Waals surface area (Å²) in [5, 5.41) is 0. The lowest BCUT2D eigenvalue weighted by Crippen LogP contribution is -2.35. The number of rotatable bonds is 3. The highest BCUT2D eigenvalue weighted by atomic mass is 15.1. The molecule has 0 radical (unpaired) electrons. The first kappa shape index (κ1) is 11.0. The van der Waals surface area contributed by atoms with Crippen molar-refractivity contribution in [2.24, 2.45) is 11.7 Å². The molecular weight excluding hydrogens is 160 g/mol. The Balaban J connectivity index is 2.32. The molecule has 0 heterocycles. The van der Waals surface area contributed by atoms with E-state index < -0.39 is 0 Å². The molecular formula is C11H24N2. The van der Waals surface area contributed by atoms with Crippen LogP contribution in [0.2, 0.25) is 0 Å². The third-order valence-corrected chi connectivity index (χ3v) is 3.33. The summed E-state index contributed by atoms with van der Waals surface area (Å²) in [4.78, 5) is 2.44. The first-order valence-electron chi connectivity index (χ1n) is 5.64. The van der Waals surface area contributed by atoms with Gasteiger partial charge in [0.25, 0.3) is 0 Å². The minimum atomic E-state index is 0.794. The zero-order valence-electron chi connectivity index (χ0n) is 9.13. The van der Waals surface area contributed by atoms with Gasteiger partial charge in [-0.05, 0) is 32.2 Å². The Kier molecular flexibility index (Phi) is 4.74. The van der Waals surface area contributed by atoms with Crippen LogP contribution in [0.5, 0.6) is 0 Å². The Hall–Kier alpha value is -0.0800. The SMILES string of the molecule is CC1CCCC(N(C)CCN)CC1. The Morgan fingerprint density at radius 2 is 2.00 bits per heavy atom. The van der Waals surface area contributed by atoms with Gasteiger partial charge >= 0.3 is 0 Å². The summed E-state index contributed by atoms with van der Waals surface area (Å²) in [5.74, 6) is 0.941. The molecule has 0 amide bonds. The molecule has 2 N–H and O–H groups in total. The van der Waals surface area contributed by atoms with E-state index in [0.29, 0.717) is 0 Å². The number of hydrogen-bond donors (Lipinski definition) is 1. The molecule has 0 spiro atoms. The van der Waals surface area contributed by atoms with E-state index >= 15 is 0 Å². The molecule has 78 valence electrons.